The van der Waals surface area contributed by atoms with Crippen LogP contribution < -0.4 is 10.2 Å². The highest BCUT2D eigenvalue weighted by Gasteiger charge is 2.25. The standard InChI is InChI=1S/C19H31N3O2/c1-18(2,3)20-15-7-9-16(10-8-15)21-11-13-22(14-12-21)17(23)24-19(4,5)6/h7-10,20H,11-14H2,1-6H3. The van der Waals surface area contributed by atoms with E-state index in [4.69, 9.17) is 4.74 Å². The van der Waals surface area contributed by atoms with E-state index in [1.807, 2.05) is 20.8 Å². The molecule has 5 nitrogen and oxygen atoms in total. The molecular weight excluding hydrogens is 302 g/mol. The molecule has 0 spiro atoms. The van der Waals surface area contributed by atoms with Gasteiger partial charge in [0.25, 0.3) is 0 Å². The maximum Gasteiger partial charge on any atom is 0.410 e. The Bertz CT molecular complexity index is 547. The van der Waals surface area contributed by atoms with E-state index in [9.17, 15) is 4.79 Å². The highest BCUT2D eigenvalue weighted by atomic mass is 16.6. The maximum absolute atomic E-state index is 12.1. The number of carbonyl (C=O) groups excluding carboxylic acids is 1. The van der Waals surface area contributed by atoms with Crippen LogP contribution in [0.3, 0.4) is 0 Å². The number of rotatable bonds is 2. The predicted octanol–water partition coefficient (Wildman–Crippen LogP) is 3.95. The lowest BCUT2D eigenvalue weighted by Gasteiger charge is -2.36. The molecule has 1 N–H and O–H groups in total. The summed E-state index contributed by atoms with van der Waals surface area (Å²) in [6.07, 6.45) is -0.216. The zero-order valence-corrected chi connectivity index (χ0v) is 15.8. The van der Waals surface area contributed by atoms with E-state index in [2.05, 4.69) is 55.3 Å². The molecule has 0 atom stereocenters. The predicted molar refractivity (Wildman–Crippen MR) is 99.8 cm³/mol. The Labute approximate surface area is 146 Å². The lowest BCUT2D eigenvalue weighted by Crippen LogP contribution is -2.50. The molecule has 1 aromatic rings. The van der Waals surface area contributed by atoms with Gasteiger partial charge in [-0.3, -0.25) is 0 Å². The van der Waals surface area contributed by atoms with Gasteiger partial charge in [0.15, 0.2) is 0 Å². The molecule has 134 valence electrons. The van der Waals surface area contributed by atoms with Crippen molar-refractivity contribution in [1.82, 2.24) is 4.90 Å². The number of nitrogens with one attached hydrogen (secondary N) is 1. The molecule has 0 aliphatic carbocycles. The van der Waals surface area contributed by atoms with Crippen LogP contribution in [-0.2, 0) is 4.74 Å². The van der Waals surface area contributed by atoms with Crippen LogP contribution in [-0.4, -0.2) is 48.3 Å². The van der Waals surface area contributed by atoms with Gasteiger partial charge in [-0.25, -0.2) is 4.79 Å². The largest absolute Gasteiger partial charge is 0.444 e. The van der Waals surface area contributed by atoms with Crippen LogP contribution in [0.25, 0.3) is 0 Å². The van der Waals surface area contributed by atoms with Crippen molar-refractivity contribution in [1.29, 1.82) is 0 Å². The number of benzene rings is 1. The minimum atomic E-state index is -0.440. The first-order chi connectivity index (χ1) is 11.0. The minimum Gasteiger partial charge on any atom is -0.444 e. The molecule has 2 rings (SSSR count). The fourth-order valence-electron chi connectivity index (χ4n) is 2.66. The molecule has 1 amide bonds. The molecule has 1 heterocycles. The topological polar surface area (TPSA) is 44.8 Å². The Kier molecular flexibility index (Phi) is 5.31. The number of amides is 1. The summed E-state index contributed by atoms with van der Waals surface area (Å²) < 4.78 is 5.44. The third kappa shape index (κ3) is 5.62. The van der Waals surface area contributed by atoms with E-state index in [1.165, 1.54) is 5.69 Å². The average molecular weight is 333 g/mol. The van der Waals surface area contributed by atoms with Gasteiger partial charge in [-0.1, -0.05) is 0 Å². The maximum atomic E-state index is 12.1. The summed E-state index contributed by atoms with van der Waals surface area (Å²) in [4.78, 5) is 16.2. The fraction of sp³-hybridized carbons (Fsp3) is 0.632. The monoisotopic (exact) mass is 333 g/mol. The summed E-state index contributed by atoms with van der Waals surface area (Å²) in [6.45, 7) is 15.2. The molecule has 1 saturated heterocycles. The molecule has 24 heavy (non-hydrogen) atoms. The van der Waals surface area contributed by atoms with E-state index in [1.54, 1.807) is 4.90 Å². The number of carbonyl (C=O) groups is 1. The second-order valence-electron chi connectivity index (χ2n) is 8.38. The van der Waals surface area contributed by atoms with Crippen LogP contribution in [0.2, 0.25) is 0 Å². The molecule has 1 aliphatic heterocycles. The van der Waals surface area contributed by atoms with E-state index in [0.29, 0.717) is 13.1 Å². The Morgan fingerprint density at radius 1 is 0.958 bits per heavy atom. The number of hydrogen-bond acceptors (Lipinski definition) is 4. The highest BCUT2D eigenvalue weighted by Crippen LogP contribution is 2.22. The van der Waals surface area contributed by atoms with Gasteiger partial charge in [0.05, 0.1) is 0 Å². The highest BCUT2D eigenvalue weighted by molar-refractivity contribution is 5.68. The third-order valence-corrected chi connectivity index (χ3v) is 3.68. The van der Waals surface area contributed by atoms with Gasteiger partial charge in [0.2, 0.25) is 0 Å². The van der Waals surface area contributed by atoms with Crippen molar-refractivity contribution in [2.24, 2.45) is 0 Å². The van der Waals surface area contributed by atoms with Crippen molar-refractivity contribution in [3.05, 3.63) is 24.3 Å². The Morgan fingerprint density at radius 2 is 1.50 bits per heavy atom. The normalized spacial score (nSPS) is 16.1. The van der Waals surface area contributed by atoms with E-state index in [0.717, 1.165) is 18.8 Å². The SMILES string of the molecule is CC(C)(C)Nc1ccc(N2CCN(C(=O)OC(C)(C)C)CC2)cc1. The first kappa shape index (κ1) is 18.4. The third-order valence-electron chi connectivity index (χ3n) is 3.68. The molecule has 5 heteroatoms. The van der Waals surface area contributed by atoms with Crippen LogP contribution in [0.1, 0.15) is 41.5 Å². The number of piperazine rings is 1. The van der Waals surface area contributed by atoms with Crippen LogP contribution in [0.5, 0.6) is 0 Å². The quantitative estimate of drug-likeness (QED) is 0.890. The van der Waals surface area contributed by atoms with Crippen molar-refractivity contribution in [3.63, 3.8) is 0 Å². The van der Waals surface area contributed by atoms with Gasteiger partial charge < -0.3 is 19.9 Å². The van der Waals surface area contributed by atoms with Gasteiger partial charge in [-0.15, -0.1) is 0 Å². The van der Waals surface area contributed by atoms with Crippen LogP contribution in [0.15, 0.2) is 24.3 Å². The zero-order chi connectivity index (χ0) is 18.0. The average Bonchev–Trinajstić information content (AvgIpc) is 2.45. The first-order valence-electron chi connectivity index (χ1n) is 8.65. The van der Waals surface area contributed by atoms with Crippen molar-refractivity contribution in [3.8, 4) is 0 Å². The first-order valence-corrected chi connectivity index (χ1v) is 8.65. The van der Waals surface area contributed by atoms with Crippen LogP contribution >= 0.6 is 0 Å². The molecule has 0 radical (unpaired) electrons. The second-order valence-corrected chi connectivity index (χ2v) is 8.38. The molecule has 0 bridgehead atoms. The number of anilines is 2. The summed E-state index contributed by atoms with van der Waals surface area (Å²) in [5.74, 6) is 0. The van der Waals surface area contributed by atoms with Crippen molar-refractivity contribution >= 4 is 17.5 Å². The minimum absolute atomic E-state index is 0.0561. The number of nitrogens with zero attached hydrogens (tertiary/aromatic N) is 2. The Balaban J connectivity index is 1.89. The van der Waals surface area contributed by atoms with Crippen LogP contribution in [0, 0.1) is 0 Å². The second kappa shape index (κ2) is 6.91. The summed E-state index contributed by atoms with van der Waals surface area (Å²) in [5.41, 5.74) is 1.93. The zero-order valence-electron chi connectivity index (χ0n) is 15.8. The smallest absolute Gasteiger partial charge is 0.410 e. The van der Waals surface area contributed by atoms with E-state index < -0.39 is 5.60 Å². The number of ether oxygens (including phenoxy) is 1. The summed E-state index contributed by atoms with van der Waals surface area (Å²) in [6, 6.07) is 8.50. The van der Waals surface area contributed by atoms with Crippen molar-refractivity contribution in [2.45, 2.75) is 52.7 Å². The summed E-state index contributed by atoms with van der Waals surface area (Å²) >= 11 is 0. The van der Waals surface area contributed by atoms with Crippen LogP contribution in [0.4, 0.5) is 16.2 Å². The summed E-state index contributed by atoms with van der Waals surface area (Å²) in [5, 5.41) is 3.47. The lowest BCUT2D eigenvalue weighted by atomic mass is 10.1. The van der Waals surface area contributed by atoms with E-state index in [-0.39, 0.29) is 11.6 Å². The fourth-order valence-corrected chi connectivity index (χ4v) is 2.66. The van der Waals surface area contributed by atoms with Gasteiger partial charge in [0, 0.05) is 43.1 Å². The molecule has 0 unspecified atom stereocenters. The Hall–Kier alpha value is -1.91. The molecule has 1 aromatic carbocycles. The van der Waals surface area contributed by atoms with Gasteiger partial charge in [0.1, 0.15) is 5.60 Å². The molecular formula is C19H31N3O2. The Morgan fingerprint density at radius 3 is 1.96 bits per heavy atom. The van der Waals surface area contributed by atoms with E-state index >= 15 is 0 Å². The number of hydrogen-bond donors (Lipinski definition) is 1. The van der Waals surface area contributed by atoms with Gasteiger partial charge >= 0.3 is 6.09 Å². The van der Waals surface area contributed by atoms with Gasteiger partial charge in [-0.05, 0) is 65.8 Å². The molecule has 1 aliphatic rings. The summed E-state index contributed by atoms with van der Waals surface area (Å²) in [7, 11) is 0. The molecule has 0 saturated carbocycles. The van der Waals surface area contributed by atoms with Crippen molar-refractivity contribution < 1.29 is 9.53 Å². The van der Waals surface area contributed by atoms with Crippen molar-refractivity contribution in [2.75, 3.05) is 36.4 Å². The molecule has 1 fully saturated rings. The van der Waals surface area contributed by atoms with Gasteiger partial charge in [-0.2, -0.15) is 0 Å². The lowest BCUT2D eigenvalue weighted by molar-refractivity contribution is 0.0240. The molecule has 0 aromatic heterocycles.